The lowest BCUT2D eigenvalue weighted by atomic mass is 10.1. The van der Waals surface area contributed by atoms with Crippen molar-refractivity contribution in [1.29, 1.82) is 0 Å². The summed E-state index contributed by atoms with van der Waals surface area (Å²) in [5, 5.41) is 4.28. The molecule has 1 aromatic carbocycles. The van der Waals surface area contributed by atoms with E-state index in [0.717, 1.165) is 58.1 Å². The van der Waals surface area contributed by atoms with Crippen LogP contribution in [0.3, 0.4) is 0 Å². The second-order valence-electron chi connectivity index (χ2n) is 6.77. The molecule has 0 radical (unpaired) electrons. The first kappa shape index (κ1) is 16.6. The molecule has 1 atom stereocenters. The van der Waals surface area contributed by atoms with Crippen LogP contribution in [0.1, 0.15) is 17.2 Å². The zero-order valence-corrected chi connectivity index (χ0v) is 14.8. The minimum atomic E-state index is 0.109. The number of anilines is 1. The Balaban J connectivity index is 1.46. The summed E-state index contributed by atoms with van der Waals surface area (Å²) in [5.41, 5.74) is 3.89. The molecule has 1 aromatic heterocycles. The van der Waals surface area contributed by atoms with Crippen LogP contribution in [-0.4, -0.2) is 60.7 Å². The molecule has 0 amide bonds. The summed E-state index contributed by atoms with van der Waals surface area (Å²) >= 11 is 0. The van der Waals surface area contributed by atoms with Crippen molar-refractivity contribution in [2.24, 2.45) is 7.05 Å². The molecule has 0 aliphatic carbocycles. The van der Waals surface area contributed by atoms with Gasteiger partial charge < -0.3 is 14.4 Å². The van der Waals surface area contributed by atoms with Crippen molar-refractivity contribution in [2.75, 3.05) is 50.9 Å². The van der Waals surface area contributed by atoms with Gasteiger partial charge in [-0.2, -0.15) is 5.10 Å². The minimum absolute atomic E-state index is 0.109. The first-order valence-corrected chi connectivity index (χ1v) is 9.03. The molecule has 2 aliphatic rings. The zero-order chi connectivity index (χ0) is 17.1. The third kappa shape index (κ3) is 3.86. The van der Waals surface area contributed by atoms with E-state index in [2.05, 4.69) is 45.4 Å². The molecule has 2 aromatic rings. The molecule has 2 saturated heterocycles. The number of aromatic nitrogens is 2. The van der Waals surface area contributed by atoms with Gasteiger partial charge in [-0.1, -0.05) is 18.2 Å². The highest BCUT2D eigenvalue weighted by atomic mass is 16.5. The van der Waals surface area contributed by atoms with Crippen LogP contribution in [0.5, 0.6) is 0 Å². The molecule has 4 rings (SSSR count). The molecular weight excluding hydrogens is 316 g/mol. The van der Waals surface area contributed by atoms with Crippen LogP contribution >= 0.6 is 0 Å². The van der Waals surface area contributed by atoms with E-state index in [4.69, 9.17) is 9.47 Å². The van der Waals surface area contributed by atoms with Crippen molar-refractivity contribution >= 4 is 5.69 Å². The molecule has 0 unspecified atom stereocenters. The Labute approximate surface area is 148 Å². The maximum absolute atomic E-state index is 5.97. The number of ether oxygens (including phenoxy) is 2. The van der Waals surface area contributed by atoms with E-state index in [1.54, 1.807) is 0 Å². The Morgan fingerprint density at radius 2 is 1.96 bits per heavy atom. The quantitative estimate of drug-likeness (QED) is 0.848. The standard InChI is InChI=1S/C19H26N4O2/c1-21-13-17(12-20-21)19-15-22(6-11-25-19)14-16-4-2-3-5-18(16)23-7-9-24-10-8-23/h2-5,12-13,19H,6-11,14-15H2,1H3/t19-/m0/s1. The fourth-order valence-electron chi connectivity index (χ4n) is 3.65. The summed E-state index contributed by atoms with van der Waals surface area (Å²) in [6.45, 7) is 7.16. The molecule has 134 valence electrons. The molecular formula is C19H26N4O2. The van der Waals surface area contributed by atoms with Crippen molar-refractivity contribution in [1.82, 2.24) is 14.7 Å². The number of para-hydroxylation sites is 1. The van der Waals surface area contributed by atoms with Gasteiger partial charge in [0.15, 0.2) is 0 Å². The summed E-state index contributed by atoms with van der Waals surface area (Å²) in [7, 11) is 1.95. The summed E-state index contributed by atoms with van der Waals surface area (Å²) in [6.07, 6.45) is 4.07. The minimum Gasteiger partial charge on any atom is -0.378 e. The number of nitrogens with zero attached hydrogens (tertiary/aromatic N) is 4. The number of hydrogen-bond acceptors (Lipinski definition) is 5. The van der Waals surface area contributed by atoms with Gasteiger partial charge in [0.1, 0.15) is 0 Å². The van der Waals surface area contributed by atoms with Gasteiger partial charge in [0, 0.05) is 57.2 Å². The molecule has 2 aliphatic heterocycles. The third-order valence-electron chi connectivity index (χ3n) is 4.98. The predicted octanol–water partition coefficient (Wildman–Crippen LogP) is 1.83. The predicted molar refractivity (Wildman–Crippen MR) is 96.7 cm³/mol. The van der Waals surface area contributed by atoms with Crippen molar-refractivity contribution in [3.8, 4) is 0 Å². The molecule has 2 fully saturated rings. The summed E-state index contributed by atoms with van der Waals surface area (Å²) in [6, 6.07) is 8.75. The molecule has 6 heteroatoms. The average Bonchev–Trinajstić information content (AvgIpc) is 3.10. The van der Waals surface area contributed by atoms with Gasteiger partial charge in [-0.15, -0.1) is 0 Å². The van der Waals surface area contributed by atoms with E-state index in [-0.39, 0.29) is 6.10 Å². The highest BCUT2D eigenvalue weighted by molar-refractivity contribution is 5.54. The molecule has 25 heavy (non-hydrogen) atoms. The topological polar surface area (TPSA) is 42.8 Å². The van der Waals surface area contributed by atoms with E-state index in [1.165, 1.54) is 11.3 Å². The summed E-state index contributed by atoms with van der Waals surface area (Å²) in [5.74, 6) is 0. The van der Waals surface area contributed by atoms with Gasteiger partial charge in [0.2, 0.25) is 0 Å². The molecule has 6 nitrogen and oxygen atoms in total. The van der Waals surface area contributed by atoms with E-state index >= 15 is 0 Å². The van der Waals surface area contributed by atoms with Crippen LogP contribution in [0.15, 0.2) is 36.7 Å². The maximum atomic E-state index is 5.97. The SMILES string of the molecule is Cn1cc([C@@H]2CN(Cc3ccccc3N3CCOCC3)CCO2)cn1. The Morgan fingerprint density at radius 3 is 2.76 bits per heavy atom. The van der Waals surface area contributed by atoms with Gasteiger partial charge in [0.25, 0.3) is 0 Å². The van der Waals surface area contributed by atoms with Crippen molar-refractivity contribution in [3.05, 3.63) is 47.8 Å². The van der Waals surface area contributed by atoms with Gasteiger partial charge >= 0.3 is 0 Å². The largest absolute Gasteiger partial charge is 0.378 e. The van der Waals surface area contributed by atoms with E-state index in [9.17, 15) is 0 Å². The normalized spacial score (nSPS) is 22.3. The van der Waals surface area contributed by atoms with Gasteiger partial charge in [0.05, 0.1) is 32.1 Å². The highest BCUT2D eigenvalue weighted by Crippen LogP contribution is 2.26. The van der Waals surface area contributed by atoms with E-state index in [1.807, 2.05) is 17.9 Å². The Morgan fingerprint density at radius 1 is 1.12 bits per heavy atom. The third-order valence-corrected chi connectivity index (χ3v) is 4.98. The van der Waals surface area contributed by atoms with Crippen LogP contribution in [0.25, 0.3) is 0 Å². The van der Waals surface area contributed by atoms with Crippen molar-refractivity contribution in [2.45, 2.75) is 12.6 Å². The monoisotopic (exact) mass is 342 g/mol. The zero-order valence-electron chi connectivity index (χ0n) is 14.8. The Hall–Kier alpha value is -1.89. The number of benzene rings is 1. The fraction of sp³-hybridized carbons (Fsp3) is 0.526. The highest BCUT2D eigenvalue weighted by Gasteiger charge is 2.24. The molecule has 0 spiro atoms. The van der Waals surface area contributed by atoms with Gasteiger partial charge in [-0.25, -0.2) is 0 Å². The van der Waals surface area contributed by atoms with Gasteiger partial charge in [-0.3, -0.25) is 9.58 Å². The number of morpholine rings is 2. The van der Waals surface area contributed by atoms with Crippen LogP contribution in [-0.2, 0) is 23.1 Å². The number of rotatable bonds is 4. The lowest BCUT2D eigenvalue weighted by molar-refractivity contribution is -0.0329. The molecule has 0 N–H and O–H groups in total. The smallest absolute Gasteiger partial charge is 0.0982 e. The van der Waals surface area contributed by atoms with Crippen LogP contribution in [0, 0.1) is 0 Å². The molecule has 0 bridgehead atoms. The Bertz CT molecular complexity index is 696. The average molecular weight is 342 g/mol. The molecule has 0 saturated carbocycles. The fourth-order valence-corrected chi connectivity index (χ4v) is 3.65. The van der Waals surface area contributed by atoms with Crippen LogP contribution < -0.4 is 4.90 Å². The van der Waals surface area contributed by atoms with E-state index in [0.29, 0.717) is 0 Å². The van der Waals surface area contributed by atoms with Crippen molar-refractivity contribution < 1.29 is 9.47 Å². The lowest BCUT2D eigenvalue weighted by Crippen LogP contribution is -2.39. The van der Waals surface area contributed by atoms with Crippen LogP contribution in [0.4, 0.5) is 5.69 Å². The second-order valence-corrected chi connectivity index (χ2v) is 6.77. The van der Waals surface area contributed by atoms with E-state index < -0.39 is 0 Å². The first-order chi connectivity index (χ1) is 12.3. The van der Waals surface area contributed by atoms with Crippen LogP contribution in [0.2, 0.25) is 0 Å². The maximum Gasteiger partial charge on any atom is 0.0982 e. The first-order valence-electron chi connectivity index (χ1n) is 9.03. The molecule has 3 heterocycles. The summed E-state index contributed by atoms with van der Waals surface area (Å²) < 4.78 is 13.3. The number of aryl methyl sites for hydroxylation is 1. The van der Waals surface area contributed by atoms with Crippen molar-refractivity contribution in [3.63, 3.8) is 0 Å². The Kier molecular flexibility index (Phi) is 5.01. The second kappa shape index (κ2) is 7.56. The van der Waals surface area contributed by atoms with Gasteiger partial charge in [-0.05, 0) is 11.6 Å². The lowest BCUT2D eigenvalue weighted by Gasteiger charge is -2.35. The number of hydrogen-bond donors (Lipinski definition) is 0. The summed E-state index contributed by atoms with van der Waals surface area (Å²) in [4.78, 5) is 4.93.